The molecule has 2 fully saturated rings. The molecule has 0 amide bonds. The fourth-order valence-corrected chi connectivity index (χ4v) is 5.70. The maximum atomic E-state index is 15.5. The van der Waals surface area contributed by atoms with Crippen LogP contribution in [0, 0.1) is 0 Å². The second kappa shape index (κ2) is 11.7. The number of halogens is 1. The first-order valence-electron chi connectivity index (χ1n) is 13.4. The third-order valence-electron chi connectivity index (χ3n) is 8.18. The van der Waals surface area contributed by atoms with Gasteiger partial charge in [0.1, 0.15) is 30.0 Å². The van der Waals surface area contributed by atoms with Crippen LogP contribution in [-0.2, 0) is 38.8 Å². The molecule has 0 N–H and O–H groups in total. The summed E-state index contributed by atoms with van der Waals surface area (Å²) in [4.78, 5) is 0. The highest BCUT2D eigenvalue weighted by atomic mass is 19.1. The maximum Gasteiger partial charge on any atom is 0.228 e. The van der Waals surface area contributed by atoms with Gasteiger partial charge in [-0.2, -0.15) is 0 Å². The highest BCUT2D eigenvalue weighted by molar-refractivity contribution is 5.47. The van der Waals surface area contributed by atoms with Crippen molar-refractivity contribution in [2.75, 3.05) is 27.9 Å². The number of methoxy groups -OCH3 is 3. The van der Waals surface area contributed by atoms with Gasteiger partial charge in [-0.25, -0.2) is 4.39 Å². The quantitative estimate of drug-likeness (QED) is 0.338. The third kappa shape index (κ3) is 4.88. The second-order valence-corrected chi connectivity index (χ2v) is 10.3. The Labute approximate surface area is 235 Å². The molecule has 214 valence electrons. The Morgan fingerprint density at radius 1 is 0.700 bits per heavy atom. The van der Waals surface area contributed by atoms with Crippen molar-refractivity contribution >= 4 is 0 Å². The molecule has 5 rings (SSSR count). The molecule has 0 spiro atoms. The Kier molecular flexibility index (Phi) is 8.40. The summed E-state index contributed by atoms with van der Waals surface area (Å²) >= 11 is 0. The minimum absolute atomic E-state index is 0.0243. The standard InChI is InChI=1S/C32H37FO7/c1-30(35-4)31(2,36-5)40-27-26(39-30)25(38-29(33)28(27)34-3)21-37-32(22-15-9-6-10-16-22,23-17-11-7-12-18-23)24-19-13-8-14-20-24/h6-20,25-29H,21H2,1-5H3/t25-,26-,27+,28-,29?,30+,31+/m1/s1. The van der Waals surface area contributed by atoms with Gasteiger partial charge in [0.25, 0.3) is 0 Å². The zero-order valence-electron chi connectivity index (χ0n) is 23.5. The number of rotatable bonds is 9. The molecule has 2 heterocycles. The summed E-state index contributed by atoms with van der Waals surface area (Å²) in [5.41, 5.74) is 1.73. The Balaban J connectivity index is 1.56. The Morgan fingerprint density at radius 2 is 1.12 bits per heavy atom. The van der Waals surface area contributed by atoms with Crippen molar-refractivity contribution in [2.24, 2.45) is 0 Å². The van der Waals surface area contributed by atoms with Gasteiger partial charge in [-0.15, -0.1) is 0 Å². The van der Waals surface area contributed by atoms with Crippen LogP contribution in [0.5, 0.6) is 0 Å². The van der Waals surface area contributed by atoms with E-state index in [1.165, 1.54) is 21.3 Å². The first kappa shape index (κ1) is 28.8. The Morgan fingerprint density at radius 3 is 1.52 bits per heavy atom. The summed E-state index contributed by atoms with van der Waals surface area (Å²) in [6.45, 7) is 3.39. The van der Waals surface area contributed by atoms with Crippen molar-refractivity contribution in [2.45, 2.75) is 61.8 Å². The van der Waals surface area contributed by atoms with E-state index < -0.39 is 47.9 Å². The van der Waals surface area contributed by atoms with E-state index in [4.69, 9.17) is 33.2 Å². The number of alkyl halides is 1. The monoisotopic (exact) mass is 552 g/mol. The van der Waals surface area contributed by atoms with Gasteiger partial charge in [-0.05, 0) is 30.5 Å². The molecule has 0 radical (unpaired) electrons. The molecular weight excluding hydrogens is 515 g/mol. The van der Waals surface area contributed by atoms with Gasteiger partial charge in [-0.3, -0.25) is 0 Å². The van der Waals surface area contributed by atoms with Gasteiger partial charge in [-0.1, -0.05) is 91.0 Å². The molecule has 8 heteroatoms. The normalized spacial score (nSPS) is 32.4. The van der Waals surface area contributed by atoms with Crippen molar-refractivity contribution in [1.29, 1.82) is 0 Å². The van der Waals surface area contributed by atoms with E-state index >= 15 is 4.39 Å². The lowest BCUT2D eigenvalue weighted by atomic mass is 9.80. The molecule has 0 bridgehead atoms. The molecule has 7 atom stereocenters. The van der Waals surface area contributed by atoms with E-state index in [-0.39, 0.29) is 6.61 Å². The average Bonchev–Trinajstić information content (AvgIpc) is 3.00. The first-order valence-corrected chi connectivity index (χ1v) is 13.4. The van der Waals surface area contributed by atoms with Crippen LogP contribution in [0.1, 0.15) is 30.5 Å². The van der Waals surface area contributed by atoms with E-state index in [0.29, 0.717) is 0 Å². The average molecular weight is 553 g/mol. The van der Waals surface area contributed by atoms with Crippen LogP contribution < -0.4 is 0 Å². The summed E-state index contributed by atoms with van der Waals surface area (Å²) in [6, 6.07) is 29.9. The lowest BCUT2D eigenvalue weighted by molar-refractivity contribution is -0.477. The van der Waals surface area contributed by atoms with E-state index in [2.05, 4.69) is 0 Å². The number of ether oxygens (including phenoxy) is 7. The molecule has 1 unspecified atom stereocenters. The minimum Gasteiger partial charge on any atom is -0.373 e. The maximum absolute atomic E-state index is 15.5. The van der Waals surface area contributed by atoms with Crippen LogP contribution >= 0.6 is 0 Å². The fraction of sp³-hybridized carbons (Fsp3) is 0.438. The molecule has 0 aromatic heterocycles. The van der Waals surface area contributed by atoms with Gasteiger partial charge in [0.2, 0.25) is 17.9 Å². The van der Waals surface area contributed by atoms with E-state index in [1.54, 1.807) is 13.8 Å². The Bertz CT molecular complexity index is 1130. The van der Waals surface area contributed by atoms with Crippen molar-refractivity contribution in [3.8, 4) is 0 Å². The lowest BCUT2D eigenvalue weighted by Crippen LogP contribution is -2.72. The Hall–Kier alpha value is -2.69. The third-order valence-corrected chi connectivity index (χ3v) is 8.18. The largest absolute Gasteiger partial charge is 0.373 e. The predicted molar refractivity (Wildman–Crippen MR) is 146 cm³/mol. The lowest BCUT2D eigenvalue weighted by Gasteiger charge is -2.56. The molecule has 7 nitrogen and oxygen atoms in total. The SMILES string of the molecule is CO[C@H]1C(F)O[C@H](COC(c2ccccc2)(c2ccccc2)c2ccccc2)[C@H]2O[C@](C)(OC)[C@@](C)(OC)O[C@@H]21. The highest BCUT2D eigenvalue weighted by Crippen LogP contribution is 2.46. The summed E-state index contributed by atoms with van der Waals surface area (Å²) < 4.78 is 58.0. The molecule has 40 heavy (non-hydrogen) atoms. The van der Waals surface area contributed by atoms with Gasteiger partial charge < -0.3 is 33.2 Å². The van der Waals surface area contributed by atoms with Crippen molar-refractivity contribution in [3.05, 3.63) is 108 Å². The number of hydrogen-bond donors (Lipinski definition) is 0. The van der Waals surface area contributed by atoms with E-state index in [9.17, 15) is 0 Å². The topological polar surface area (TPSA) is 64.6 Å². The molecular formula is C32H37FO7. The summed E-state index contributed by atoms with van der Waals surface area (Å²) in [6.07, 6.45) is -5.33. The minimum atomic E-state index is -1.78. The van der Waals surface area contributed by atoms with Crippen LogP contribution in [0.3, 0.4) is 0 Å². The van der Waals surface area contributed by atoms with Crippen LogP contribution in [0.4, 0.5) is 4.39 Å². The molecule has 3 aromatic rings. The zero-order chi connectivity index (χ0) is 28.4. The van der Waals surface area contributed by atoms with Gasteiger partial charge >= 0.3 is 0 Å². The molecule has 3 aromatic carbocycles. The number of benzene rings is 3. The molecule has 0 saturated carbocycles. The van der Waals surface area contributed by atoms with E-state index in [0.717, 1.165) is 16.7 Å². The van der Waals surface area contributed by atoms with Gasteiger partial charge in [0.15, 0.2) is 0 Å². The van der Waals surface area contributed by atoms with Gasteiger partial charge in [0, 0.05) is 21.3 Å². The molecule has 2 saturated heterocycles. The predicted octanol–water partition coefficient (Wildman–Crippen LogP) is 5.21. The molecule has 0 aliphatic carbocycles. The molecule has 2 aliphatic heterocycles. The van der Waals surface area contributed by atoms with Crippen LogP contribution in [0.15, 0.2) is 91.0 Å². The van der Waals surface area contributed by atoms with Crippen LogP contribution in [0.25, 0.3) is 0 Å². The summed E-state index contributed by atoms with van der Waals surface area (Å²) in [7, 11) is 4.41. The summed E-state index contributed by atoms with van der Waals surface area (Å²) in [5.74, 6) is -2.65. The van der Waals surface area contributed by atoms with Crippen molar-refractivity contribution in [1.82, 2.24) is 0 Å². The van der Waals surface area contributed by atoms with Crippen LogP contribution in [-0.4, -0.2) is 70.3 Å². The summed E-state index contributed by atoms with van der Waals surface area (Å²) in [5, 5.41) is 0. The number of fused-ring (bicyclic) bond motifs is 1. The smallest absolute Gasteiger partial charge is 0.228 e. The van der Waals surface area contributed by atoms with Crippen molar-refractivity contribution in [3.63, 3.8) is 0 Å². The van der Waals surface area contributed by atoms with E-state index in [1.807, 2.05) is 91.0 Å². The van der Waals surface area contributed by atoms with Crippen LogP contribution in [0.2, 0.25) is 0 Å². The highest BCUT2D eigenvalue weighted by Gasteiger charge is 2.63. The molecule has 2 aliphatic rings. The second-order valence-electron chi connectivity index (χ2n) is 10.3. The number of hydrogen-bond acceptors (Lipinski definition) is 7. The zero-order valence-corrected chi connectivity index (χ0v) is 23.5. The fourth-order valence-electron chi connectivity index (χ4n) is 5.70. The first-order chi connectivity index (χ1) is 19.3. The van der Waals surface area contributed by atoms with Gasteiger partial charge in [0.05, 0.1) is 6.61 Å². The van der Waals surface area contributed by atoms with Crippen molar-refractivity contribution < 1.29 is 37.5 Å².